The van der Waals surface area contributed by atoms with Gasteiger partial charge in [-0.1, -0.05) is 12.1 Å². The first-order valence-electron chi connectivity index (χ1n) is 5.88. The van der Waals surface area contributed by atoms with Crippen LogP contribution < -0.4 is 0 Å². The van der Waals surface area contributed by atoms with E-state index in [1.54, 1.807) is 12.1 Å². The molecule has 1 N–H and O–H groups in total. The highest BCUT2D eigenvalue weighted by molar-refractivity contribution is 5.66. The minimum Gasteiger partial charge on any atom is -0.481 e. The van der Waals surface area contributed by atoms with Gasteiger partial charge in [-0.2, -0.15) is 0 Å². The average Bonchev–Trinajstić information content (AvgIpc) is 2.74. The Bertz CT molecular complexity index is 408. The van der Waals surface area contributed by atoms with E-state index in [0.29, 0.717) is 6.54 Å². The van der Waals surface area contributed by atoms with Crippen LogP contribution in [-0.4, -0.2) is 29.1 Å². The first kappa shape index (κ1) is 12.0. The molecule has 1 aliphatic rings. The second-order valence-corrected chi connectivity index (χ2v) is 4.39. The van der Waals surface area contributed by atoms with Crippen molar-refractivity contribution in [1.29, 1.82) is 0 Å². The molecule has 3 nitrogen and oxygen atoms in total. The Morgan fingerprint density at radius 2 is 2.35 bits per heavy atom. The number of halogens is 1. The van der Waals surface area contributed by atoms with Gasteiger partial charge in [0.25, 0.3) is 0 Å². The molecule has 0 spiro atoms. The standard InChI is InChI=1S/C13H16FNO2/c14-11-4-1-3-10(9-11)12-5-2-7-15(12)8-6-13(16)17/h1,3-4,9,12H,2,5-8H2,(H,16,17)/t12-/m1/s1. The normalized spacial score (nSPS) is 20.6. The summed E-state index contributed by atoms with van der Waals surface area (Å²) < 4.78 is 13.1. The number of carboxylic acids is 1. The minimum atomic E-state index is -0.783. The van der Waals surface area contributed by atoms with Crippen molar-refractivity contribution in [2.75, 3.05) is 13.1 Å². The first-order chi connectivity index (χ1) is 8.16. The second kappa shape index (κ2) is 5.27. The van der Waals surface area contributed by atoms with E-state index in [1.807, 2.05) is 6.07 Å². The molecular weight excluding hydrogens is 221 g/mol. The van der Waals surface area contributed by atoms with Gasteiger partial charge in [0.15, 0.2) is 0 Å². The molecule has 0 unspecified atom stereocenters. The van der Waals surface area contributed by atoms with Gasteiger partial charge in [-0.25, -0.2) is 4.39 Å². The minimum absolute atomic E-state index is 0.145. The molecule has 1 atom stereocenters. The number of hydrogen-bond donors (Lipinski definition) is 1. The largest absolute Gasteiger partial charge is 0.481 e. The van der Waals surface area contributed by atoms with Crippen LogP contribution in [0.3, 0.4) is 0 Å². The Kier molecular flexibility index (Phi) is 3.74. The van der Waals surface area contributed by atoms with Crippen molar-refractivity contribution in [3.05, 3.63) is 35.6 Å². The monoisotopic (exact) mass is 237 g/mol. The van der Waals surface area contributed by atoms with Crippen molar-refractivity contribution >= 4 is 5.97 Å². The third kappa shape index (κ3) is 3.03. The highest BCUT2D eigenvalue weighted by Gasteiger charge is 2.26. The summed E-state index contributed by atoms with van der Waals surface area (Å²) in [6.45, 7) is 1.44. The lowest BCUT2D eigenvalue weighted by atomic mass is 10.0. The van der Waals surface area contributed by atoms with E-state index in [1.165, 1.54) is 6.07 Å². The number of aliphatic carboxylic acids is 1. The fourth-order valence-corrected chi connectivity index (χ4v) is 2.42. The maximum atomic E-state index is 13.1. The smallest absolute Gasteiger partial charge is 0.304 e. The SMILES string of the molecule is O=C(O)CCN1CCC[C@@H]1c1cccc(F)c1. The zero-order valence-electron chi connectivity index (χ0n) is 9.60. The zero-order valence-corrected chi connectivity index (χ0v) is 9.60. The molecule has 17 heavy (non-hydrogen) atoms. The summed E-state index contributed by atoms with van der Waals surface area (Å²) in [7, 11) is 0. The number of benzene rings is 1. The van der Waals surface area contributed by atoms with E-state index >= 15 is 0 Å². The maximum absolute atomic E-state index is 13.1. The van der Waals surface area contributed by atoms with Crippen LogP contribution in [0.5, 0.6) is 0 Å². The number of likely N-dealkylation sites (tertiary alicyclic amines) is 1. The van der Waals surface area contributed by atoms with Crippen molar-refractivity contribution in [3.63, 3.8) is 0 Å². The third-order valence-corrected chi connectivity index (χ3v) is 3.21. The van der Waals surface area contributed by atoms with Crippen LogP contribution in [0.4, 0.5) is 4.39 Å². The van der Waals surface area contributed by atoms with Crippen LogP contribution in [0.15, 0.2) is 24.3 Å². The second-order valence-electron chi connectivity index (χ2n) is 4.39. The highest BCUT2D eigenvalue weighted by Crippen LogP contribution is 2.31. The summed E-state index contributed by atoms with van der Waals surface area (Å²) in [6, 6.07) is 6.76. The summed E-state index contributed by atoms with van der Waals surface area (Å²) in [6.07, 6.45) is 2.16. The zero-order chi connectivity index (χ0) is 12.3. The molecule has 0 amide bonds. The summed E-state index contributed by atoms with van der Waals surface area (Å²) in [5.41, 5.74) is 0.952. The van der Waals surface area contributed by atoms with Crippen LogP contribution in [0.2, 0.25) is 0 Å². The number of carboxylic acid groups (broad SMARTS) is 1. The van der Waals surface area contributed by atoms with E-state index in [9.17, 15) is 9.18 Å². The molecular formula is C13H16FNO2. The van der Waals surface area contributed by atoms with E-state index < -0.39 is 5.97 Å². The van der Waals surface area contributed by atoms with Crippen LogP contribution in [-0.2, 0) is 4.79 Å². The predicted molar refractivity (Wildman–Crippen MR) is 62.2 cm³/mol. The molecule has 1 heterocycles. The lowest BCUT2D eigenvalue weighted by Crippen LogP contribution is -2.26. The van der Waals surface area contributed by atoms with Gasteiger partial charge < -0.3 is 5.11 Å². The van der Waals surface area contributed by atoms with Gasteiger partial charge in [0.2, 0.25) is 0 Å². The Morgan fingerprint density at radius 1 is 1.53 bits per heavy atom. The van der Waals surface area contributed by atoms with Crippen molar-refractivity contribution in [1.82, 2.24) is 4.90 Å². The van der Waals surface area contributed by atoms with Crippen LogP contribution in [0.25, 0.3) is 0 Å². The van der Waals surface area contributed by atoms with Gasteiger partial charge >= 0.3 is 5.97 Å². The summed E-state index contributed by atoms with van der Waals surface area (Å²) in [5, 5.41) is 8.69. The summed E-state index contributed by atoms with van der Waals surface area (Å²) >= 11 is 0. The highest BCUT2D eigenvalue weighted by atomic mass is 19.1. The Morgan fingerprint density at radius 3 is 3.06 bits per heavy atom. The quantitative estimate of drug-likeness (QED) is 0.874. The predicted octanol–water partition coefficient (Wildman–Crippen LogP) is 2.44. The molecule has 0 aromatic heterocycles. The third-order valence-electron chi connectivity index (χ3n) is 3.21. The molecule has 0 aliphatic carbocycles. The van der Waals surface area contributed by atoms with Gasteiger partial charge in [0.05, 0.1) is 6.42 Å². The molecule has 4 heteroatoms. The van der Waals surface area contributed by atoms with Crippen LogP contribution in [0, 0.1) is 5.82 Å². The lowest BCUT2D eigenvalue weighted by Gasteiger charge is -2.24. The van der Waals surface area contributed by atoms with Gasteiger partial charge in [-0.3, -0.25) is 9.69 Å². The van der Waals surface area contributed by atoms with E-state index in [0.717, 1.165) is 24.9 Å². The summed E-state index contributed by atoms with van der Waals surface area (Å²) in [5.74, 6) is -1.01. The molecule has 1 aromatic carbocycles. The van der Waals surface area contributed by atoms with Gasteiger partial charge in [0.1, 0.15) is 5.82 Å². The fourth-order valence-electron chi connectivity index (χ4n) is 2.42. The average molecular weight is 237 g/mol. The van der Waals surface area contributed by atoms with Gasteiger partial charge in [-0.05, 0) is 37.1 Å². The van der Waals surface area contributed by atoms with Crippen molar-refractivity contribution in [2.24, 2.45) is 0 Å². The molecule has 92 valence electrons. The van der Waals surface area contributed by atoms with Crippen molar-refractivity contribution in [3.8, 4) is 0 Å². The van der Waals surface area contributed by atoms with E-state index in [4.69, 9.17) is 5.11 Å². The molecule has 0 bridgehead atoms. The summed E-state index contributed by atoms with van der Waals surface area (Å²) in [4.78, 5) is 12.7. The van der Waals surface area contributed by atoms with Gasteiger partial charge in [0, 0.05) is 12.6 Å². The lowest BCUT2D eigenvalue weighted by molar-refractivity contribution is -0.137. The Labute approximate surface area is 99.9 Å². The first-order valence-corrected chi connectivity index (χ1v) is 5.88. The molecule has 1 aromatic rings. The molecule has 1 fully saturated rings. The Balaban J connectivity index is 2.06. The van der Waals surface area contributed by atoms with Gasteiger partial charge in [-0.15, -0.1) is 0 Å². The van der Waals surface area contributed by atoms with Crippen molar-refractivity contribution in [2.45, 2.75) is 25.3 Å². The van der Waals surface area contributed by atoms with E-state index in [-0.39, 0.29) is 18.3 Å². The number of rotatable bonds is 4. The fraction of sp³-hybridized carbons (Fsp3) is 0.462. The molecule has 0 radical (unpaired) electrons. The molecule has 2 rings (SSSR count). The number of nitrogens with zero attached hydrogens (tertiary/aromatic N) is 1. The number of hydrogen-bond acceptors (Lipinski definition) is 2. The van der Waals surface area contributed by atoms with Crippen LogP contribution >= 0.6 is 0 Å². The Hall–Kier alpha value is -1.42. The van der Waals surface area contributed by atoms with E-state index in [2.05, 4.69) is 4.90 Å². The molecule has 1 saturated heterocycles. The molecule has 1 aliphatic heterocycles. The van der Waals surface area contributed by atoms with Crippen molar-refractivity contribution < 1.29 is 14.3 Å². The van der Waals surface area contributed by atoms with Crippen LogP contribution in [0.1, 0.15) is 30.9 Å². The topological polar surface area (TPSA) is 40.5 Å². The number of carbonyl (C=O) groups is 1. The maximum Gasteiger partial charge on any atom is 0.304 e. The molecule has 0 saturated carbocycles.